The van der Waals surface area contributed by atoms with Crippen LogP contribution in [0.15, 0.2) is 127 Å². The number of fused-ring (bicyclic) bond motifs is 3. The molecular formula is C32H28ClOZr. The molecule has 0 aromatic heterocycles. The Morgan fingerprint density at radius 2 is 1.37 bits per heavy atom. The van der Waals surface area contributed by atoms with Gasteiger partial charge in [0.05, 0.1) is 0 Å². The van der Waals surface area contributed by atoms with E-state index in [1.807, 2.05) is 7.11 Å². The maximum Gasteiger partial charge on any atom is -0.00258 e. The first-order valence-corrected chi connectivity index (χ1v) is 14.0. The van der Waals surface area contributed by atoms with Gasteiger partial charge in [0.1, 0.15) is 0 Å². The molecule has 0 radical (unpaired) electrons. The van der Waals surface area contributed by atoms with E-state index in [0.29, 0.717) is 5.92 Å². The third kappa shape index (κ3) is 5.84. The molecule has 1 nitrogen and oxygen atoms in total. The van der Waals surface area contributed by atoms with Crippen molar-refractivity contribution in [3.05, 3.63) is 149 Å². The molecule has 173 valence electrons. The topological polar surface area (TPSA) is 9.23 Å². The fourth-order valence-electron chi connectivity index (χ4n) is 4.95. The summed E-state index contributed by atoms with van der Waals surface area (Å²) >= 11 is -0.939. The molecule has 0 amide bonds. The smallest absolute Gasteiger partial charge is 0.00258 e. The number of benzene rings is 4. The zero-order valence-corrected chi connectivity index (χ0v) is 23.0. The van der Waals surface area contributed by atoms with Gasteiger partial charge in [-0.3, -0.25) is 0 Å². The number of rotatable bonds is 5. The van der Waals surface area contributed by atoms with E-state index in [9.17, 15) is 0 Å². The number of allylic oxidation sites excluding steroid dienone is 4. The molecule has 4 aromatic carbocycles. The van der Waals surface area contributed by atoms with Gasteiger partial charge in [-0.15, -0.1) is 0 Å². The van der Waals surface area contributed by atoms with Crippen LogP contribution in [0.4, 0.5) is 0 Å². The van der Waals surface area contributed by atoms with Crippen LogP contribution in [0.1, 0.15) is 34.6 Å². The van der Waals surface area contributed by atoms with Crippen LogP contribution in [-0.2, 0) is 32.9 Å². The molecule has 0 bridgehead atoms. The standard InChI is InChI=1S/C18H13.C13H12.CH3O.ClH.Zr/c1-2-8-13(7-1)18-16-11-5-3-9-14(16)15-10-4-6-12-17(15)18;1-3-7-12(8-4-1)11-13-9-5-2-6-10-13;1-2;;/h1-7,9-11,18H,8H2;1-10H,11H2;1H3;1H;/q;;-1;;+2/p-1. The number of hydrogen-bond donors (Lipinski definition) is 0. The van der Waals surface area contributed by atoms with Crippen molar-refractivity contribution in [3.63, 3.8) is 0 Å². The Morgan fingerprint density at radius 3 is 2.00 bits per heavy atom. The second kappa shape index (κ2) is 12.5. The molecule has 0 fully saturated rings. The Hall–Kier alpha value is -2.51. The van der Waals surface area contributed by atoms with Gasteiger partial charge in [0.2, 0.25) is 0 Å². The predicted octanol–water partition coefficient (Wildman–Crippen LogP) is 4.24. The zero-order valence-electron chi connectivity index (χ0n) is 19.8. The molecule has 3 heteroatoms. The van der Waals surface area contributed by atoms with Crippen LogP contribution in [0.25, 0.3) is 11.1 Å². The van der Waals surface area contributed by atoms with Crippen molar-refractivity contribution in [1.29, 1.82) is 0 Å². The van der Waals surface area contributed by atoms with Crippen LogP contribution in [0.2, 0.25) is 0 Å². The second-order valence-corrected chi connectivity index (χ2v) is 11.4. The maximum absolute atomic E-state index is 5.60. The molecule has 0 spiro atoms. The third-order valence-corrected chi connectivity index (χ3v) is 8.55. The molecule has 0 saturated heterocycles. The Kier molecular flexibility index (Phi) is 9.10. The van der Waals surface area contributed by atoms with Gasteiger partial charge < -0.3 is 12.4 Å². The Morgan fingerprint density at radius 1 is 0.743 bits per heavy atom. The third-order valence-electron chi connectivity index (χ3n) is 6.43. The van der Waals surface area contributed by atoms with Gasteiger partial charge in [0.15, 0.2) is 0 Å². The van der Waals surface area contributed by atoms with Gasteiger partial charge in [0, 0.05) is 0 Å². The molecule has 0 N–H and O–H groups in total. The average Bonchev–Trinajstić information content (AvgIpc) is 3.53. The van der Waals surface area contributed by atoms with Gasteiger partial charge in [-0.1, -0.05) is 60.7 Å². The zero-order chi connectivity index (χ0) is 23.2. The molecule has 2 aliphatic rings. The van der Waals surface area contributed by atoms with Crippen LogP contribution < -0.4 is 15.7 Å². The molecule has 0 heterocycles. The van der Waals surface area contributed by atoms with E-state index in [1.54, 1.807) is 0 Å². The molecule has 2 aliphatic carbocycles. The minimum absolute atomic E-state index is 0. The minimum Gasteiger partial charge on any atom is -1.00 e. The first-order chi connectivity index (χ1) is 16.8. The molecule has 35 heavy (non-hydrogen) atoms. The first-order valence-electron chi connectivity index (χ1n) is 11.8. The van der Waals surface area contributed by atoms with E-state index in [-0.39, 0.29) is 12.4 Å². The molecular weight excluding hydrogens is 527 g/mol. The summed E-state index contributed by atoms with van der Waals surface area (Å²) in [6.07, 6.45) is 8.85. The van der Waals surface area contributed by atoms with Gasteiger partial charge in [-0.25, -0.2) is 0 Å². The molecule has 0 aliphatic heterocycles. The largest absolute Gasteiger partial charge is 1.00 e. The summed E-state index contributed by atoms with van der Waals surface area (Å²) in [7, 11) is 1.85. The Bertz CT molecular complexity index is 1270. The monoisotopic (exact) mass is 553 g/mol. The van der Waals surface area contributed by atoms with E-state index in [0.717, 1.165) is 12.8 Å². The summed E-state index contributed by atoms with van der Waals surface area (Å²) in [5.41, 5.74) is 10.1. The number of hydrogen-bond acceptors (Lipinski definition) is 1. The molecule has 1 unspecified atom stereocenters. The normalized spacial score (nSPS) is 14.5. The average molecular weight is 555 g/mol. The van der Waals surface area contributed by atoms with Crippen molar-refractivity contribution in [1.82, 2.24) is 0 Å². The second-order valence-electron chi connectivity index (χ2n) is 8.62. The molecule has 4 aromatic rings. The van der Waals surface area contributed by atoms with Gasteiger partial charge in [-0.2, -0.15) is 0 Å². The SMILES string of the molecule is C[O][Zr+][c]1cccc2c1C(C1=CC=CC1)c1ccccc1-2.[Cl-].c1ccc(Cc2ccccc2)cc1. The van der Waals surface area contributed by atoms with Crippen molar-refractivity contribution in [3.8, 4) is 11.1 Å². The van der Waals surface area contributed by atoms with E-state index in [2.05, 4.69) is 121 Å². The van der Waals surface area contributed by atoms with Crippen LogP contribution in [-0.4, -0.2) is 7.11 Å². The van der Waals surface area contributed by atoms with Crippen LogP contribution in [0.3, 0.4) is 0 Å². The van der Waals surface area contributed by atoms with Gasteiger partial charge in [-0.05, 0) is 17.5 Å². The predicted molar refractivity (Wildman–Crippen MR) is 138 cm³/mol. The van der Waals surface area contributed by atoms with E-state index >= 15 is 0 Å². The summed E-state index contributed by atoms with van der Waals surface area (Å²) in [5, 5.41) is 0. The molecule has 1 atom stereocenters. The Labute approximate surface area is 227 Å². The van der Waals surface area contributed by atoms with Crippen molar-refractivity contribution in [2.24, 2.45) is 0 Å². The quantitative estimate of drug-likeness (QED) is 0.359. The van der Waals surface area contributed by atoms with Crippen LogP contribution in [0.5, 0.6) is 0 Å². The summed E-state index contributed by atoms with van der Waals surface area (Å²) in [4.78, 5) is 0. The van der Waals surface area contributed by atoms with Crippen LogP contribution >= 0.6 is 0 Å². The fraction of sp³-hybridized carbons (Fsp3) is 0.125. The van der Waals surface area contributed by atoms with Gasteiger partial charge in [0.25, 0.3) is 0 Å². The Balaban J connectivity index is 0.000000179. The minimum atomic E-state index is -0.939. The number of halogens is 1. The summed E-state index contributed by atoms with van der Waals surface area (Å²) in [6, 6.07) is 36.7. The van der Waals surface area contributed by atoms with E-state index in [4.69, 9.17) is 2.81 Å². The van der Waals surface area contributed by atoms with Crippen molar-refractivity contribution < 1.29 is 38.9 Å². The van der Waals surface area contributed by atoms with E-state index in [1.165, 1.54) is 42.2 Å². The molecule has 0 saturated carbocycles. The molecule has 6 rings (SSSR count). The maximum atomic E-state index is 5.60. The first kappa shape index (κ1) is 25.6. The summed E-state index contributed by atoms with van der Waals surface area (Å²) in [5.74, 6) is 0.429. The fourth-order valence-corrected chi connectivity index (χ4v) is 6.85. The van der Waals surface area contributed by atoms with Crippen molar-refractivity contribution in [2.45, 2.75) is 18.8 Å². The summed E-state index contributed by atoms with van der Waals surface area (Å²) in [6.45, 7) is 0. The van der Waals surface area contributed by atoms with Crippen molar-refractivity contribution >= 4 is 3.27 Å². The van der Waals surface area contributed by atoms with E-state index < -0.39 is 23.7 Å². The summed E-state index contributed by atoms with van der Waals surface area (Å²) < 4.78 is 7.08. The van der Waals surface area contributed by atoms with Gasteiger partial charge >= 0.3 is 138 Å². The van der Waals surface area contributed by atoms with Crippen molar-refractivity contribution in [2.75, 3.05) is 7.11 Å². The van der Waals surface area contributed by atoms with Crippen LogP contribution in [0, 0.1) is 0 Å².